The molecule has 1 unspecified atom stereocenters. The van der Waals surface area contributed by atoms with Crippen LogP contribution in [0.2, 0.25) is 0 Å². The summed E-state index contributed by atoms with van der Waals surface area (Å²) in [5, 5.41) is 7.39. The summed E-state index contributed by atoms with van der Waals surface area (Å²) in [6.45, 7) is 22.6. The zero-order valence-electron chi connectivity index (χ0n) is 24.8. The Kier molecular flexibility index (Phi) is 11.8. The van der Waals surface area contributed by atoms with Gasteiger partial charge in [0.25, 0.3) is 0 Å². The molecule has 0 aromatic heterocycles. The van der Waals surface area contributed by atoms with Gasteiger partial charge in [-0.15, -0.1) is 0 Å². The van der Waals surface area contributed by atoms with Crippen molar-refractivity contribution in [1.82, 2.24) is 5.32 Å². The lowest BCUT2D eigenvalue weighted by molar-refractivity contribution is 0.371. The van der Waals surface area contributed by atoms with Crippen LogP contribution in [0.15, 0.2) is 48.5 Å². The monoisotopic (exact) mass is 516 g/mol. The van der Waals surface area contributed by atoms with Gasteiger partial charge in [0.15, 0.2) is 5.11 Å². The first-order chi connectivity index (χ1) is 17.6. The van der Waals surface area contributed by atoms with E-state index in [0.29, 0.717) is 17.6 Å². The van der Waals surface area contributed by atoms with Gasteiger partial charge in [0.2, 0.25) is 0 Å². The van der Waals surface area contributed by atoms with Crippen molar-refractivity contribution in [3.8, 4) is 11.1 Å². The van der Waals surface area contributed by atoms with E-state index in [4.69, 9.17) is 12.2 Å². The number of rotatable bonds is 8. The van der Waals surface area contributed by atoms with Crippen LogP contribution in [-0.4, -0.2) is 5.11 Å². The van der Waals surface area contributed by atoms with Gasteiger partial charge >= 0.3 is 0 Å². The molecule has 37 heavy (non-hydrogen) atoms. The molecule has 0 aliphatic carbocycles. The maximum absolute atomic E-state index is 5.59. The molecule has 0 fully saturated rings. The van der Waals surface area contributed by atoms with Crippen LogP contribution >= 0.6 is 12.2 Å². The van der Waals surface area contributed by atoms with Crippen molar-refractivity contribution in [3.63, 3.8) is 0 Å². The van der Waals surface area contributed by atoms with Gasteiger partial charge in [-0.05, 0) is 122 Å². The average molecular weight is 517 g/mol. The first kappa shape index (κ1) is 30.6. The fourth-order valence-corrected chi connectivity index (χ4v) is 5.36. The molecule has 3 rings (SSSR count). The van der Waals surface area contributed by atoms with Gasteiger partial charge in [-0.1, -0.05) is 83.0 Å². The smallest absolute Gasteiger partial charge is 0.171 e. The third-order valence-corrected chi connectivity index (χ3v) is 7.49. The van der Waals surface area contributed by atoms with Crippen molar-refractivity contribution >= 4 is 23.0 Å². The highest BCUT2D eigenvalue weighted by atomic mass is 32.1. The molecule has 0 radical (unpaired) electrons. The number of hydrogen-bond acceptors (Lipinski definition) is 1. The molecule has 0 spiro atoms. The van der Waals surface area contributed by atoms with Crippen LogP contribution in [0.1, 0.15) is 80.0 Å². The SMILES string of the molecule is CC.CCC(Cc1ccc(NC(=S)NCc2cc(C)c(-c3c(C)cc(C)cc3C)cc2C)cc1)C(C)C. The Morgan fingerprint density at radius 3 is 1.95 bits per heavy atom. The summed E-state index contributed by atoms with van der Waals surface area (Å²) >= 11 is 5.59. The molecule has 3 aromatic rings. The minimum atomic E-state index is 0.651. The van der Waals surface area contributed by atoms with Gasteiger partial charge in [-0.3, -0.25) is 0 Å². The van der Waals surface area contributed by atoms with Crippen molar-refractivity contribution in [2.75, 3.05) is 5.32 Å². The highest BCUT2D eigenvalue weighted by Gasteiger charge is 2.13. The molecule has 0 bridgehead atoms. The van der Waals surface area contributed by atoms with Crippen LogP contribution in [0.25, 0.3) is 11.1 Å². The second-order valence-electron chi connectivity index (χ2n) is 10.5. The van der Waals surface area contributed by atoms with Gasteiger partial charge in [-0.2, -0.15) is 0 Å². The molecule has 0 amide bonds. The third-order valence-electron chi connectivity index (χ3n) is 7.25. The number of aryl methyl sites for hydroxylation is 5. The van der Waals surface area contributed by atoms with Crippen LogP contribution in [-0.2, 0) is 13.0 Å². The molecule has 2 nitrogen and oxygen atoms in total. The second kappa shape index (κ2) is 14.3. The largest absolute Gasteiger partial charge is 0.358 e. The maximum Gasteiger partial charge on any atom is 0.171 e. The van der Waals surface area contributed by atoms with Crippen LogP contribution in [0, 0.1) is 46.5 Å². The van der Waals surface area contributed by atoms with Gasteiger partial charge in [-0.25, -0.2) is 0 Å². The summed E-state index contributed by atoms with van der Waals surface area (Å²) in [5.74, 6) is 1.44. The first-order valence-corrected chi connectivity index (χ1v) is 14.3. The summed E-state index contributed by atoms with van der Waals surface area (Å²) in [6, 6.07) is 17.9. The molecule has 3 heteroatoms. The number of thiocarbonyl (C=S) groups is 1. The summed E-state index contributed by atoms with van der Waals surface area (Å²) in [4.78, 5) is 0. The quantitative estimate of drug-likeness (QED) is 0.291. The number of hydrogen-bond donors (Lipinski definition) is 2. The highest BCUT2D eigenvalue weighted by Crippen LogP contribution is 2.32. The van der Waals surface area contributed by atoms with Gasteiger partial charge < -0.3 is 10.6 Å². The molecule has 0 saturated heterocycles. The van der Waals surface area contributed by atoms with E-state index in [2.05, 4.69) is 115 Å². The van der Waals surface area contributed by atoms with E-state index in [-0.39, 0.29) is 0 Å². The van der Waals surface area contributed by atoms with E-state index in [0.717, 1.165) is 18.0 Å². The normalized spacial score (nSPS) is 11.5. The van der Waals surface area contributed by atoms with Crippen molar-refractivity contribution < 1.29 is 0 Å². The van der Waals surface area contributed by atoms with E-state index in [1.54, 1.807) is 0 Å². The van der Waals surface area contributed by atoms with E-state index < -0.39 is 0 Å². The average Bonchev–Trinajstić information content (AvgIpc) is 2.85. The number of nitrogens with one attached hydrogen (secondary N) is 2. The Bertz CT molecular complexity index is 1150. The molecule has 0 saturated carbocycles. The summed E-state index contributed by atoms with van der Waals surface area (Å²) in [7, 11) is 0. The number of anilines is 1. The fraction of sp³-hybridized carbons (Fsp3) is 0.441. The summed E-state index contributed by atoms with van der Waals surface area (Å²) in [5.41, 5.74) is 12.9. The van der Waals surface area contributed by atoms with Crippen molar-refractivity contribution in [2.45, 2.75) is 88.6 Å². The Labute approximate surface area is 232 Å². The fourth-order valence-electron chi connectivity index (χ4n) is 5.17. The van der Waals surface area contributed by atoms with E-state index >= 15 is 0 Å². The minimum Gasteiger partial charge on any atom is -0.358 e. The lowest BCUT2D eigenvalue weighted by Crippen LogP contribution is -2.28. The third kappa shape index (κ3) is 8.43. The van der Waals surface area contributed by atoms with Crippen LogP contribution in [0.3, 0.4) is 0 Å². The predicted molar refractivity (Wildman–Crippen MR) is 169 cm³/mol. The molecule has 2 N–H and O–H groups in total. The Balaban J connectivity index is 0.00000235. The second-order valence-corrected chi connectivity index (χ2v) is 10.9. The highest BCUT2D eigenvalue weighted by molar-refractivity contribution is 7.80. The van der Waals surface area contributed by atoms with E-state index in [9.17, 15) is 0 Å². The summed E-state index contributed by atoms with van der Waals surface area (Å²) in [6.07, 6.45) is 2.35. The van der Waals surface area contributed by atoms with E-state index in [1.807, 2.05) is 13.8 Å². The molecule has 0 heterocycles. The summed E-state index contributed by atoms with van der Waals surface area (Å²) < 4.78 is 0. The van der Waals surface area contributed by atoms with Crippen molar-refractivity contribution in [3.05, 3.63) is 87.5 Å². The van der Waals surface area contributed by atoms with Gasteiger partial charge in [0, 0.05) is 12.2 Å². The zero-order valence-corrected chi connectivity index (χ0v) is 25.6. The van der Waals surface area contributed by atoms with Gasteiger partial charge in [0.1, 0.15) is 0 Å². The molecular formula is C34H48N2S. The molecule has 0 aliphatic rings. The Morgan fingerprint density at radius 2 is 1.41 bits per heavy atom. The van der Waals surface area contributed by atoms with Crippen LogP contribution < -0.4 is 10.6 Å². The first-order valence-electron chi connectivity index (χ1n) is 13.9. The maximum atomic E-state index is 5.59. The Hall–Kier alpha value is -2.65. The minimum absolute atomic E-state index is 0.651. The molecule has 200 valence electrons. The van der Waals surface area contributed by atoms with Crippen LogP contribution in [0.4, 0.5) is 5.69 Å². The van der Waals surface area contributed by atoms with Crippen LogP contribution in [0.5, 0.6) is 0 Å². The lowest BCUT2D eigenvalue weighted by atomic mass is 9.87. The topological polar surface area (TPSA) is 24.1 Å². The standard InChI is InChI=1S/C32H42N2S.C2H6/c1-9-27(20(2)3)18-26-10-12-29(13-11-26)34-32(35)33-19-28-16-23(6)30(17-22(28)5)31-24(7)14-21(4)15-25(31)8;1-2/h10-17,20,27H,9,18-19H2,1-8H3,(H2,33,34,35);1-2H3. The Morgan fingerprint density at radius 1 is 0.811 bits per heavy atom. The molecule has 0 aliphatic heterocycles. The lowest BCUT2D eigenvalue weighted by Gasteiger charge is -2.19. The van der Waals surface area contributed by atoms with Crippen molar-refractivity contribution in [2.24, 2.45) is 11.8 Å². The zero-order chi connectivity index (χ0) is 27.7. The van der Waals surface area contributed by atoms with E-state index in [1.165, 1.54) is 56.5 Å². The predicted octanol–water partition coefficient (Wildman–Crippen LogP) is 9.63. The number of benzene rings is 3. The molecule has 3 aromatic carbocycles. The molecular weight excluding hydrogens is 468 g/mol. The van der Waals surface area contributed by atoms with Crippen molar-refractivity contribution in [1.29, 1.82) is 0 Å². The molecule has 1 atom stereocenters. The van der Waals surface area contributed by atoms with Gasteiger partial charge in [0.05, 0.1) is 0 Å².